The first-order valence-electron chi connectivity index (χ1n) is 4.33. The fraction of sp³-hybridized carbons (Fsp3) is 0.667. The molecule has 1 heterocycles. The van der Waals surface area contributed by atoms with Gasteiger partial charge in [-0.05, 0) is 18.3 Å². The van der Waals surface area contributed by atoms with Gasteiger partial charge in [-0.3, -0.25) is 0 Å². The van der Waals surface area contributed by atoms with Crippen LogP contribution in [0.25, 0.3) is 0 Å². The largest absolute Gasteiger partial charge is 0.319 e. The van der Waals surface area contributed by atoms with Crippen LogP contribution in [0.4, 0.5) is 0 Å². The van der Waals surface area contributed by atoms with Crippen molar-refractivity contribution in [2.75, 3.05) is 0 Å². The van der Waals surface area contributed by atoms with Gasteiger partial charge in [-0.1, -0.05) is 13.8 Å². The molecule has 1 aliphatic rings. The van der Waals surface area contributed by atoms with Gasteiger partial charge >= 0.3 is 0 Å². The number of thiazole rings is 1. The number of hydrogen-bond acceptors (Lipinski definition) is 3. The third kappa shape index (κ3) is 0.930. The molecular formula is C9H14N2S. The van der Waals surface area contributed by atoms with Crippen molar-refractivity contribution in [2.45, 2.75) is 25.8 Å². The van der Waals surface area contributed by atoms with Gasteiger partial charge in [0.15, 0.2) is 0 Å². The summed E-state index contributed by atoms with van der Waals surface area (Å²) in [6, 6.07) is 0. The molecule has 1 aliphatic carbocycles. The van der Waals surface area contributed by atoms with Crippen molar-refractivity contribution in [3.8, 4) is 0 Å². The van der Waals surface area contributed by atoms with Crippen LogP contribution in [0.5, 0.6) is 0 Å². The summed E-state index contributed by atoms with van der Waals surface area (Å²) in [5.41, 5.74) is 6.13. The molecule has 0 saturated heterocycles. The predicted molar refractivity (Wildman–Crippen MR) is 50.9 cm³/mol. The standard InChI is InChI=1S/C9H14N2S/c1-6-5-9(10,7(6)2)8-11-3-4-12-8/h3-4,6-7H,5,10H2,1-2H3. The van der Waals surface area contributed by atoms with Crippen molar-refractivity contribution >= 4 is 11.3 Å². The first-order chi connectivity index (χ1) is 5.64. The number of rotatable bonds is 1. The highest BCUT2D eigenvalue weighted by Crippen LogP contribution is 2.48. The molecule has 0 aliphatic heterocycles. The van der Waals surface area contributed by atoms with Crippen molar-refractivity contribution in [3.05, 3.63) is 16.6 Å². The van der Waals surface area contributed by atoms with E-state index in [9.17, 15) is 0 Å². The Hall–Kier alpha value is -0.410. The lowest BCUT2D eigenvalue weighted by Crippen LogP contribution is -2.55. The molecule has 0 bridgehead atoms. The summed E-state index contributed by atoms with van der Waals surface area (Å²) in [7, 11) is 0. The Kier molecular flexibility index (Phi) is 1.73. The van der Waals surface area contributed by atoms with E-state index in [4.69, 9.17) is 5.73 Å². The van der Waals surface area contributed by atoms with Gasteiger partial charge in [-0.25, -0.2) is 4.98 Å². The van der Waals surface area contributed by atoms with Gasteiger partial charge in [-0.2, -0.15) is 0 Å². The molecule has 1 aromatic heterocycles. The zero-order chi connectivity index (χ0) is 8.77. The summed E-state index contributed by atoms with van der Waals surface area (Å²) in [5, 5.41) is 3.10. The Morgan fingerprint density at radius 3 is 2.83 bits per heavy atom. The second kappa shape index (κ2) is 2.54. The number of hydrogen-bond donors (Lipinski definition) is 1. The topological polar surface area (TPSA) is 38.9 Å². The van der Waals surface area contributed by atoms with Gasteiger partial charge in [0.05, 0.1) is 5.54 Å². The summed E-state index contributed by atoms with van der Waals surface area (Å²) >= 11 is 1.68. The third-order valence-corrected chi connectivity index (χ3v) is 4.12. The molecule has 0 radical (unpaired) electrons. The highest BCUT2D eigenvalue weighted by molar-refractivity contribution is 7.09. The molecule has 2 rings (SSSR count). The second-order valence-corrected chi connectivity index (χ2v) is 4.74. The lowest BCUT2D eigenvalue weighted by atomic mass is 9.61. The Bertz CT molecular complexity index is 270. The molecule has 12 heavy (non-hydrogen) atoms. The Balaban J connectivity index is 2.25. The lowest BCUT2D eigenvalue weighted by Gasteiger charge is -2.49. The maximum atomic E-state index is 6.25. The Labute approximate surface area is 76.8 Å². The van der Waals surface area contributed by atoms with E-state index in [1.54, 1.807) is 11.3 Å². The molecular weight excluding hydrogens is 168 g/mol. The summed E-state index contributed by atoms with van der Waals surface area (Å²) in [5.74, 6) is 1.32. The summed E-state index contributed by atoms with van der Waals surface area (Å²) in [6.07, 6.45) is 2.92. The van der Waals surface area contributed by atoms with Gasteiger partial charge < -0.3 is 5.73 Å². The first kappa shape index (κ1) is 8.20. The van der Waals surface area contributed by atoms with Crippen LogP contribution in [-0.2, 0) is 5.54 Å². The number of nitrogens with zero attached hydrogens (tertiary/aromatic N) is 1. The van der Waals surface area contributed by atoms with Crippen molar-refractivity contribution in [2.24, 2.45) is 17.6 Å². The van der Waals surface area contributed by atoms with E-state index in [1.807, 2.05) is 11.6 Å². The summed E-state index contributed by atoms with van der Waals surface area (Å²) in [4.78, 5) is 4.29. The fourth-order valence-electron chi connectivity index (χ4n) is 1.98. The summed E-state index contributed by atoms with van der Waals surface area (Å²) in [6.45, 7) is 4.47. The molecule has 3 atom stereocenters. The van der Waals surface area contributed by atoms with E-state index >= 15 is 0 Å². The van der Waals surface area contributed by atoms with Crippen molar-refractivity contribution in [1.82, 2.24) is 4.98 Å². The van der Waals surface area contributed by atoms with Gasteiger partial charge in [-0.15, -0.1) is 11.3 Å². The van der Waals surface area contributed by atoms with E-state index in [1.165, 1.54) is 0 Å². The highest BCUT2D eigenvalue weighted by Gasteiger charge is 2.48. The zero-order valence-electron chi connectivity index (χ0n) is 7.45. The molecule has 0 aromatic carbocycles. The fourth-order valence-corrected chi connectivity index (χ4v) is 2.84. The molecule has 0 spiro atoms. The number of aromatic nitrogens is 1. The molecule has 1 saturated carbocycles. The van der Waals surface area contributed by atoms with Crippen LogP contribution in [0, 0.1) is 11.8 Å². The van der Waals surface area contributed by atoms with Gasteiger partial charge in [0.2, 0.25) is 0 Å². The minimum Gasteiger partial charge on any atom is -0.319 e. The Morgan fingerprint density at radius 2 is 2.42 bits per heavy atom. The molecule has 2 nitrogen and oxygen atoms in total. The van der Waals surface area contributed by atoms with E-state index in [0.717, 1.165) is 17.3 Å². The van der Waals surface area contributed by atoms with Crippen LogP contribution >= 0.6 is 11.3 Å². The van der Waals surface area contributed by atoms with Gasteiger partial charge in [0.1, 0.15) is 5.01 Å². The molecule has 3 heteroatoms. The normalized spacial score (nSPS) is 40.9. The minimum atomic E-state index is -0.117. The predicted octanol–water partition coefficient (Wildman–Crippen LogP) is 1.97. The van der Waals surface area contributed by atoms with Crippen molar-refractivity contribution < 1.29 is 0 Å². The van der Waals surface area contributed by atoms with E-state index in [-0.39, 0.29) is 5.54 Å². The third-order valence-electron chi connectivity index (χ3n) is 3.16. The van der Waals surface area contributed by atoms with Crippen LogP contribution in [0.3, 0.4) is 0 Å². The summed E-state index contributed by atoms with van der Waals surface area (Å²) < 4.78 is 0. The molecule has 3 unspecified atom stereocenters. The van der Waals surface area contributed by atoms with Crippen LogP contribution in [0.15, 0.2) is 11.6 Å². The second-order valence-electron chi connectivity index (χ2n) is 3.85. The van der Waals surface area contributed by atoms with E-state index in [2.05, 4.69) is 18.8 Å². The zero-order valence-corrected chi connectivity index (χ0v) is 8.27. The molecule has 66 valence electrons. The van der Waals surface area contributed by atoms with Gasteiger partial charge in [0, 0.05) is 11.6 Å². The average molecular weight is 182 g/mol. The van der Waals surface area contributed by atoms with E-state index in [0.29, 0.717) is 5.92 Å². The first-order valence-corrected chi connectivity index (χ1v) is 5.21. The van der Waals surface area contributed by atoms with Crippen LogP contribution < -0.4 is 5.73 Å². The Morgan fingerprint density at radius 1 is 1.67 bits per heavy atom. The quantitative estimate of drug-likeness (QED) is 0.721. The smallest absolute Gasteiger partial charge is 0.113 e. The van der Waals surface area contributed by atoms with Crippen LogP contribution in [0.1, 0.15) is 25.3 Å². The molecule has 1 fully saturated rings. The lowest BCUT2D eigenvalue weighted by molar-refractivity contribution is 0.0623. The highest BCUT2D eigenvalue weighted by atomic mass is 32.1. The maximum absolute atomic E-state index is 6.25. The average Bonchev–Trinajstić information content (AvgIpc) is 2.56. The van der Waals surface area contributed by atoms with Gasteiger partial charge in [0.25, 0.3) is 0 Å². The van der Waals surface area contributed by atoms with E-state index < -0.39 is 0 Å². The SMILES string of the molecule is CC1CC(N)(c2nccs2)C1C. The van der Waals surface area contributed by atoms with Crippen molar-refractivity contribution in [1.29, 1.82) is 0 Å². The molecule has 1 aromatic rings. The molecule has 2 N–H and O–H groups in total. The minimum absolute atomic E-state index is 0.117. The maximum Gasteiger partial charge on any atom is 0.113 e. The molecule has 0 amide bonds. The van der Waals surface area contributed by atoms with Crippen LogP contribution in [0.2, 0.25) is 0 Å². The van der Waals surface area contributed by atoms with Crippen LogP contribution in [-0.4, -0.2) is 4.98 Å². The van der Waals surface area contributed by atoms with Crippen molar-refractivity contribution in [3.63, 3.8) is 0 Å². The monoisotopic (exact) mass is 182 g/mol. The number of nitrogens with two attached hydrogens (primary N) is 1.